The Morgan fingerprint density at radius 1 is 1.15 bits per heavy atom. The van der Waals surface area contributed by atoms with Gasteiger partial charge in [-0.2, -0.15) is 0 Å². The molecule has 1 fully saturated rings. The van der Waals surface area contributed by atoms with E-state index in [0.717, 1.165) is 24.0 Å². The van der Waals surface area contributed by atoms with Gasteiger partial charge in [0, 0.05) is 19.6 Å². The van der Waals surface area contributed by atoms with E-state index in [0.29, 0.717) is 18.8 Å². The molecule has 1 aliphatic heterocycles. The van der Waals surface area contributed by atoms with Crippen molar-refractivity contribution in [1.29, 1.82) is 0 Å². The summed E-state index contributed by atoms with van der Waals surface area (Å²) in [4.78, 5) is 14.5. The number of sulfonamides is 1. The van der Waals surface area contributed by atoms with Gasteiger partial charge >= 0.3 is 0 Å². The zero-order chi connectivity index (χ0) is 19.4. The number of carbonyl (C=O) groups is 1. The average molecular weight is 388 g/mol. The fourth-order valence-corrected chi connectivity index (χ4v) is 4.24. The molecule has 2 aromatic carbocycles. The lowest BCUT2D eigenvalue weighted by Crippen LogP contribution is -2.29. The molecule has 6 nitrogen and oxygen atoms in total. The Kier molecular flexibility index (Phi) is 5.82. The van der Waals surface area contributed by atoms with Crippen LogP contribution in [0.5, 0.6) is 5.75 Å². The predicted octanol–water partition coefficient (Wildman–Crippen LogP) is 2.72. The second-order valence-corrected chi connectivity index (χ2v) is 8.44. The van der Waals surface area contributed by atoms with Crippen molar-refractivity contribution in [3.05, 3.63) is 59.2 Å². The van der Waals surface area contributed by atoms with Crippen LogP contribution in [-0.4, -0.2) is 39.4 Å². The van der Waals surface area contributed by atoms with E-state index in [1.807, 2.05) is 31.2 Å². The summed E-state index contributed by atoms with van der Waals surface area (Å²) >= 11 is 0. The third-order valence-electron chi connectivity index (χ3n) is 4.65. The number of nitrogens with zero attached hydrogens (tertiary/aromatic N) is 1. The van der Waals surface area contributed by atoms with Crippen LogP contribution in [0.3, 0.4) is 0 Å². The van der Waals surface area contributed by atoms with Crippen LogP contribution < -0.4 is 9.46 Å². The highest BCUT2D eigenvalue weighted by molar-refractivity contribution is 7.89. The average Bonchev–Trinajstić information content (AvgIpc) is 3.20. The van der Waals surface area contributed by atoms with Crippen molar-refractivity contribution in [2.45, 2.75) is 31.2 Å². The summed E-state index contributed by atoms with van der Waals surface area (Å²) in [6.07, 6.45) is 1.92. The fraction of sp³-hybridized carbons (Fsp3) is 0.350. The standard InChI is InChI=1S/C20H24N2O4S/c1-15-6-5-7-16(12-15)14-21-27(24,25)17-8-9-19(26-2)18(13-17)20(23)22-10-3-4-11-22/h5-9,12-13,21H,3-4,10-11,14H2,1-2H3. The van der Waals surface area contributed by atoms with Gasteiger partial charge in [-0.25, -0.2) is 13.1 Å². The van der Waals surface area contributed by atoms with Crippen molar-refractivity contribution in [2.75, 3.05) is 20.2 Å². The first-order chi connectivity index (χ1) is 12.9. The Balaban J connectivity index is 1.84. The minimum Gasteiger partial charge on any atom is -0.496 e. The van der Waals surface area contributed by atoms with Gasteiger partial charge in [-0.05, 0) is 43.5 Å². The summed E-state index contributed by atoms with van der Waals surface area (Å²) in [5, 5.41) is 0. The molecule has 0 atom stereocenters. The second kappa shape index (κ2) is 8.10. The maximum absolute atomic E-state index is 12.8. The van der Waals surface area contributed by atoms with Gasteiger partial charge in [0.15, 0.2) is 0 Å². The highest BCUT2D eigenvalue weighted by Crippen LogP contribution is 2.25. The van der Waals surface area contributed by atoms with E-state index < -0.39 is 10.0 Å². The molecule has 27 heavy (non-hydrogen) atoms. The number of nitrogens with one attached hydrogen (secondary N) is 1. The Labute approximate surface area is 160 Å². The minimum absolute atomic E-state index is 0.0542. The zero-order valence-electron chi connectivity index (χ0n) is 15.6. The molecule has 3 rings (SSSR count). The summed E-state index contributed by atoms with van der Waals surface area (Å²) in [7, 11) is -2.28. The monoisotopic (exact) mass is 388 g/mol. The quantitative estimate of drug-likeness (QED) is 0.826. The number of likely N-dealkylation sites (tertiary alicyclic amines) is 1. The van der Waals surface area contributed by atoms with Crippen LogP contribution in [0.4, 0.5) is 0 Å². The Hall–Kier alpha value is -2.38. The predicted molar refractivity (Wildman–Crippen MR) is 103 cm³/mol. The Morgan fingerprint density at radius 2 is 1.89 bits per heavy atom. The molecule has 144 valence electrons. The molecule has 1 amide bonds. The van der Waals surface area contributed by atoms with Gasteiger partial charge in [-0.1, -0.05) is 29.8 Å². The molecular formula is C20H24N2O4S. The minimum atomic E-state index is -3.75. The zero-order valence-corrected chi connectivity index (χ0v) is 16.4. The molecule has 2 aromatic rings. The first kappa shape index (κ1) is 19.4. The number of hydrogen-bond acceptors (Lipinski definition) is 4. The molecule has 0 radical (unpaired) electrons. The molecule has 0 saturated carbocycles. The van der Waals surface area contributed by atoms with Crippen molar-refractivity contribution in [3.63, 3.8) is 0 Å². The maximum atomic E-state index is 12.8. The number of aryl methyl sites for hydroxylation is 1. The van der Waals surface area contributed by atoms with Crippen molar-refractivity contribution in [1.82, 2.24) is 9.62 Å². The van der Waals surface area contributed by atoms with Crippen molar-refractivity contribution >= 4 is 15.9 Å². The largest absolute Gasteiger partial charge is 0.496 e. The van der Waals surface area contributed by atoms with E-state index in [1.54, 1.807) is 4.90 Å². The second-order valence-electron chi connectivity index (χ2n) is 6.68. The molecular weight excluding hydrogens is 364 g/mol. The summed E-state index contributed by atoms with van der Waals surface area (Å²) in [6, 6.07) is 12.0. The maximum Gasteiger partial charge on any atom is 0.257 e. The van der Waals surface area contributed by atoms with Gasteiger partial charge < -0.3 is 9.64 Å². The van der Waals surface area contributed by atoms with Gasteiger partial charge in [0.05, 0.1) is 17.6 Å². The smallest absolute Gasteiger partial charge is 0.257 e. The highest BCUT2D eigenvalue weighted by Gasteiger charge is 2.25. The van der Waals surface area contributed by atoms with Crippen LogP contribution in [-0.2, 0) is 16.6 Å². The van der Waals surface area contributed by atoms with Crippen LogP contribution >= 0.6 is 0 Å². The third-order valence-corrected chi connectivity index (χ3v) is 6.05. The van der Waals surface area contributed by atoms with E-state index in [1.165, 1.54) is 25.3 Å². The van der Waals surface area contributed by atoms with E-state index >= 15 is 0 Å². The van der Waals surface area contributed by atoms with E-state index in [2.05, 4.69) is 4.72 Å². The Bertz CT molecular complexity index is 935. The summed E-state index contributed by atoms with van der Waals surface area (Å²) in [6.45, 7) is 3.51. The first-order valence-electron chi connectivity index (χ1n) is 8.93. The third kappa shape index (κ3) is 4.48. The van der Waals surface area contributed by atoms with E-state index in [4.69, 9.17) is 4.74 Å². The number of rotatable bonds is 6. The van der Waals surface area contributed by atoms with Crippen molar-refractivity contribution < 1.29 is 17.9 Å². The van der Waals surface area contributed by atoms with E-state index in [9.17, 15) is 13.2 Å². The lowest BCUT2D eigenvalue weighted by atomic mass is 10.1. The number of ether oxygens (including phenoxy) is 1. The fourth-order valence-electron chi connectivity index (χ4n) is 3.20. The van der Waals surface area contributed by atoms with Gasteiger partial charge in [0.25, 0.3) is 5.91 Å². The van der Waals surface area contributed by atoms with Crippen LogP contribution in [0.15, 0.2) is 47.4 Å². The van der Waals surface area contributed by atoms with Gasteiger partial charge in [0.2, 0.25) is 10.0 Å². The topological polar surface area (TPSA) is 75.7 Å². The number of amides is 1. The number of hydrogen-bond donors (Lipinski definition) is 1. The molecule has 7 heteroatoms. The number of methoxy groups -OCH3 is 1. The van der Waals surface area contributed by atoms with Gasteiger partial charge in [-0.3, -0.25) is 4.79 Å². The summed E-state index contributed by atoms with van der Waals surface area (Å²) < 4.78 is 33.3. The number of benzene rings is 2. The van der Waals surface area contributed by atoms with Crippen LogP contribution in [0.2, 0.25) is 0 Å². The molecule has 1 N–H and O–H groups in total. The lowest BCUT2D eigenvalue weighted by Gasteiger charge is -2.18. The Morgan fingerprint density at radius 3 is 2.56 bits per heavy atom. The van der Waals surface area contributed by atoms with Gasteiger partial charge in [-0.15, -0.1) is 0 Å². The van der Waals surface area contributed by atoms with E-state index in [-0.39, 0.29) is 22.9 Å². The molecule has 0 unspecified atom stereocenters. The van der Waals surface area contributed by atoms with Crippen LogP contribution in [0.25, 0.3) is 0 Å². The first-order valence-corrected chi connectivity index (χ1v) is 10.4. The summed E-state index contributed by atoms with van der Waals surface area (Å²) in [5.74, 6) is 0.185. The highest BCUT2D eigenvalue weighted by atomic mass is 32.2. The normalized spacial score (nSPS) is 14.4. The summed E-state index contributed by atoms with van der Waals surface area (Å²) in [5.41, 5.74) is 2.22. The lowest BCUT2D eigenvalue weighted by molar-refractivity contribution is 0.0789. The van der Waals surface area contributed by atoms with Crippen molar-refractivity contribution in [2.24, 2.45) is 0 Å². The number of carbonyl (C=O) groups excluding carboxylic acids is 1. The van der Waals surface area contributed by atoms with Gasteiger partial charge in [0.1, 0.15) is 5.75 Å². The van der Waals surface area contributed by atoms with Crippen molar-refractivity contribution in [3.8, 4) is 5.75 Å². The van der Waals surface area contributed by atoms with Crippen LogP contribution in [0, 0.1) is 6.92 Å². The molecule has 0 bridgehead atoms. The molecule has 1 heterocycles. The SMILES string of the molecule is COc1ccc(S(=O)(=O)NCc2cccc(C)c2)cc1C(=O)N1CCCC1. The van der Waals surface area contributed by atoms with Crippen LogP contribution in [0.1, 0.15) is 34.3 Å². The molecule has 0 spiro atoms. The molecule has 1 aliphatic rings. The molecule has 0 aliphatic carbocycles. The molecule has 1 saturated heterocycles. The molecule has 0 aromatic heterocycles.